The highest BCUT2D eigenvalue weighted by Crippen LogP contribution is 2.39. The Kier molecular flexibility index (Phi) is 11.0. The van der Waals surface area contributed by atoms with Crippen LogP contribution in [0.1, 0.15) is 43.2 Å². The zero-order chi connectivity index (χ0) is 39.8. The van der Waals surface area contributed by atoms with Gasteiger partial charge in [0.25, 0.3) is 0 Å². The molecular weight excluding hydrogens is 721 g/mol. The van der Waals surface area contributed by atoms with Crippen molar-refractivity contribution in [3.63, 3.8) is 0 Å². The Morgan fingerprint density at radius 3 is 1.41 bits per heavy atom. The van der Waals surface area contributed by atoms with E-state index in [1.807, 2.05) is 79.0 Å². The highest BCUT2D eigenvalue weighted by atomic mass is 16.4. The fourth-order valence-corrected chi connectivity index (χ4v) is 7.13. The van der Waals surface area contributed by atoms with E-state index in [2.05, 4.69) is 76.7 Å². The van der Waals surface area contributed by atoms with E-state index >= 15 is 0 Å². The van der Waals surface area contributed by atoms with E-state index in [1.165, 1.54) is 12.1 Å². The molecule has 5 aromatic carbocycles. The summed E-state index contributed by atoms with van der Waals surface area (Å²) in [7, 11) is 0. The number of carboxylic acids is 2. The van der Waals surface area contributed by atoms with E-state index in [1.54, 1.807) is 12.4 Å². The first-order valence-corrected chi connectivity index (χ1v) is 19.1. The van der Waals surface area contributed by atoms with Gasteiger partial charge in [0.2, 0.25) is 0 Å². The molecule has 0 spiro atoms. The molecule has 0 saturated heterocycles. The molecule has 0 amide bonds. The van der Waals surface area contributed by atoms with Crippen LogP contribution in [0.3, 0.4) is 0 Å². The van der Waals surface area contributed by atoms with Crippen LogP contribution in [0, 0.1) is 0 Å². The molecule has 3 aromatic heterocycles. The van der Waals surface area contributed by atoms with E-state index in [0.29, 0.717) is 31.5 Å². The van der Waals surface area contributed by atoms with Gasteiger partial charge in [-0.2, -0.15) is 0 Å². The van der Waals surface area contributed by atoms with Crippen LogP contribution >= 0.6 is 0 Å². The van der Waals surface area contributed by atoms with Crippen molar-refractivity contribution in [2.24, 2.45) is 0 Å². The molecule has 0 atom stereocenters. The van der Waals surface area contributed by atoms with E-state index in [-0.39, 0.29) is 11.4 Å². The highest BCUT2D eigenvalue weighted by molar-refractivity contribution is 5.91. The minimum absolute atomic E-state index is 0.0165. The van der Waals surface area contributed by atoms with E-state index in [0.717, 1.165) is 72.5 Å². The molecule has 0 aliphatic heterocycles. The number of carbonyl (C=O) groups is 2. The topological polar surface area (TPSA) is 126 Å². The number of hydrogen-bond acceptors (Lipinski definition) is 6. The number of hydrogen-bond donors (Lipinski definition) is 2. The Hall–Kier alpha value is -7.58. The van der Waals surface area contributed by atoms with Gasteiger partial charge in [0.1, 0.15) is 11.4 Å². The smallest absolute Gasteiger partial charge is 0.354 e. The van der Waals surface area contributed by atoms with Gasteiger partial charge in [-0.25, -0.2) is 29.5 Å². The Bertz CT molecular complexity index is 2620. The summed E-state index contributed by atoms with van der Waals surface area (Å²) in [6.45, 7) is 0. The van der Waals surface area contributed by atoms with Gasteiger partial charge in [0.05, 0.1) is 5.69 Å². The lowest BCUT2D eigenvalue weighted by Crippen LogP contribution is -2.02. The molecule has 8 rings (SSSR count). The van der Waals surface area contributed by atoms with Crippen LogP contribution < -0.4 is 0 Å². The maximum atomic E-state index is 11.4. The average molecular weight is 759 g/mol. The number of nitrogens with zero attached hydrogens (tertiary/aromatic N) is 4. The third-order valence-electron chi connectivity index (χ3n) is 10.2. The summed E-state index contributed by atoms with van der Waals surface area (Å²) in [5.41, 5.74) is 13.1. The molecule has 2 N–H and O–H groups in total. The van der Waals surface area contributed by atoms with Crippen LogP contribution in [0.25, 0.3) is 56.0 Å². The largest absolute Gasteiger partial charge is 0.477 e. The van der Waals surface area contributed by atoms with Crippen molar-refractivity contribution in [1.82, 2.24) is 19.9 Å². The summed E-state index contributed by atoms with van der Waals surface area (Å²) in [5.74, 6) is -1.46. The van der Waals surface area contributed by atoms with E-state index in [9.17, 15) is 19.8 Å². The maximum Gasteiger partial charge on any atom is 0.354 e. The maximum absolute atomic E-state index is 11.4. The Labute approximate surface area is 336 Å². The lowest BCUT2D eigenvalue weighted by molar-refractivity contribution is 0.0680. The molecule has 3 heterocycles. The van der Waals surface area contributed by atoms with Crippen molar-refractivity contribution in [1.29, 1.82) is 0 Å². The molecule has 0 aliphatic carbocycles. The number of aromatic carboxylic acids is 2. The van der Waals surface area contributed by atoms with Gasteiger partial charge in [0.15, 0.2) is 5.82 Å². The summed E-state index contributed by atoms with van der Waals surface area (Å²) in [6, 6.07) is 50.5. The van der Waals surface area contributed by atoms with Crippen molar-refractivity contribution in [3.8, 4) is 56.0 Å². The molecule has 0 unspecified atom stereocenters. The third-order valence-corrected chi connectivity index (χ3v) is 10.2. The summed E-state index contributed by atoms with van der Waals surface area (Å²) in [6.07, 6.45) is 7.96. The standard InChI is InChI=1S/C50H38N4O4/c55-49(56)45-25-19-33(30-51-45)15-17-35-27-36(18-16-34-20-26-46(50(57)58)52-31-34)29-41(28-35)42-13-7-8-14-43(42)44-32-53-48(40-11-5-2-6-12-40)54-47(44)39-23-21-38(22-24-39)37-9-3-1-4-10-37/h1-14,19-32H,15-18H2,(H,55,56)(H,57,58). The lowest BCUT2D eigenvalue weighted by atomic mass is 9.89. The molecule has 58 heavy (non-hydrogen) atoms. The van der Waals surface area contributed by atoms with Gasteiger partial charge in [-0.05, 0) is 87.9 Å². The van der Waals surface area contributed by atoms with Crippen LogP contribution in [-0.4, -0.2) is 42.1 Å². The van der Waals surface area contributed by atoms with Crippen molar-refractivity contribution in [2.75, 3.05) is 0 Å². The zero-order valence-electron chi connectivity index (χ0n) is 31.5. The predicted molar refractivity (Wildman–Crippen MR) is 226 cm³/mol. The van der Waals surface area contributed by atoms with Crippen molar-refractivity contribution >= 4 is 11.9 Å². The van der Waals surface area contributed by atoms with Crippen LogP contribution in [-0.2, 0) is 25.7 Å². The van der Waals surface area contributed by atoms with Crippen molar-refractivity contribution in [2.45, 2.75) is 25.7 Å². The van der Waals surface area contributed by atoms with Gasteiger partial charge in [-0.15, -0.1) is 0 Å². The molecule has 8 heteroatoms. The Morgan fingerprint density at radius 2 is 0.879 bits per heavy atom. The second-order valence-corrected chi connectivity index (χ2v) is 14.1. The summed E-state index contributed by atoms with van der Waals surface area (Å²) in [5, 5.41) is 18.7. The van der Waals surface area contributed by atoms with Crippen LogP contribution in [0.4, 0.5) is 0 Å². The van der Waals surface area contributed by atoms with Crippen molar-refractivity contribution in [3.05, 3.63) is 204 Å². The second kappa shape index (κ2) is 17.1. The molecule has 8 aromatic rings. The summed E-state index contributed by atoms with van der Waals surface area (Å²) >= 11 is 0. The molecular formula is C50H38N4O4. The first-order valence-electron chi connectivity index (χ1n) is 19.1. The average Bonchev–Trinajstić information content (AvgIpc) is 3.28. The minimum Gasteiger partial charge on any atom is -0.477 e. The molecule has 8 nitrogen and oxygen atoms in total. The van der Waals surface area contributed by atoms with Gasteiger partial charge < -0.3 is 10.2 Å². The van der Waals surface area contributed by atoms with E-state index in [4.69, 9.17) is 9.97 Å². The SMILES string of the molecule is O=C(O)c1ccc(CCc2cc(CCc3ccc(C(=O)O)nc3)cc(-c3ccccc3-c3cnc(-c4ccccc4)nc3-c3ccc(-c4ccccc4)cc3)c2)cn1. The molecule has 0 aliphatic rings. The fraction of sp³-hybridized carbons (Fsp3) is 0.0800. The Balaban J connectivity index is 1.19. The second-order valence-electron chi connectivity index (χ2n) is 14.1. The number of pyridine rings is 2. The highest BCUT2D eigenvalue weighted by Gasteiger charge is 2.18. The third kappa shape index (κ3) is 8.62. The minimum atomic E-state index is -1.05. The molecule has 282 valence electrons. The van der Waals surface area contributed by atoms with Crippen LogP contribution in [0.5, 0.6) is 0 Å². The van der Waals surface area contributed by atoms with Crippen LogP contribution in [0.15, 0.2) is 170 Å². The first-order chi connectivity index (χ1) is 28.4. The summed E-state index contributed by atoms with van der Waals surface area (Å²) in [4.78, 5) is 41.2. The van der Waals surface area contributed by atoms with Crippen molar-refractivity contribution < 1.29 is 19.8 Å². The lowest BCUT2D eigenvalue weighted by Gasteiger charge is -2.17. The zero-order valence-corrected chi connectivity index (χ0v) is 31.5. The normalized spacial score (nSPS) is 11.0. The quantitative estimate of drug-likeness (QED) is 0.119. The van der Waals surface area contributed by atoms with Gasteiger partial charge in [-0.1, -0.05) is 140 Å². The molecule has 0 radical (unpaired) electrons. The number of aryl methyl sites for hydroxylation is 4. The van der Waals surface area contributed by atoms with Gasteiger partial charge in [-0.3, -0.25) is 0 Å². The molecule has 0 bridgehead atoms. The Morgan fingerprint density at radius 1 is 0.397 bits per heavy atom. The van der Waals surface area contributed by atoms with Gasteiger partial charge >= 0.3 is 11.9 Å². The van der Waals surface area contributed by atoms with E-state index < -0.39 is 11.9 Å². The number of aromatic nitrogens is 4. The monoisotopic (exact) mass is 758 g/mol. The molecule has 0 fully saturated rings. The van der Waals surface area contributed by atoms with Crippen LogP contribution in [0.2, 0.25) is 0 Å². The fourth-order valence-electron chi connectivity index (χ4n) is 7.13. The number of carboxylic acid groups (broad SMARTS) is 2. The number of rotatable bonds is 13. The molecule has 0 saturated carbocycles. The predicted octanol–water partition coefficient (Wildman–Crippen LogP) is 10.6. The summed E-state index contributed by atoms with van der Waals surface area (Å²) < 4.78 is 0. The van der Waals surface area contributed by atoms with Gasteiger partial charge in [0, 0.05) is 35.3 Å². The first kappa shape index (κ1) is 37.3. The number of benzene rings is 5.